The molecular weight excluding hydrogens is 126 g/mol. The first-order valence-corrected chi connectivity index (χ1v) is 4.11. The lowest BCUT2D eigenvalue weighted by molar-refractivity contribution is 0.116. The fraction of sp³-hybridized carbons (Fsp3) is 1.00. The van der Waals surface area contributed by atoms with Gasteiger partial charge in [-0.1, -0.05) is 13.3 Å². The molecule has 0 spiro atoms. The highest BCUT2D eigenvalue weighted by Gasteiger charge is 2.02. The molecule has 62 valence electrons. The van der Waals surface area contributed by atoms with Crippen molar-refractivity contribution in [3.8, 4) is 0 Å². The van der Waals surface area contributed by atoms with Crippen molar-refractivity contribution >= 4 is 0 Å². The average molecular weight is 145 g/mol. The molecular formula is C8H19NO. The molecule has 0 rings (SSSR count). The first kappa shape index (κ1) is 9.92. The molecule has 0 radical (unpaired) electrons. The molecule has 0 aromatic rings. The van der Waals surface area contributed by atoms with Crippen molar-refractivity contribution in [3.63, 3.8) is 0 Å². The summed E-state index contributed by atoms with van der Waals surface area (Å²) in [6.45, 7) is 6.20. The minimum absolute atomic E-state index is 0.306. The molecule has 2 heteroatoms. The molecule has 1 unspecified atom stereocenters. The van der Waals surface area contributed by atoms with Crippen molar-refractivity contribution in [3.05, 3.63) is 0 Å². The maximum Gasteiger partial charge on any atom is 0.105 e. The third-order valence-electron chi connectivity index (χ3n) is 1.36. The van der Waals surface area contributed by atoms with Crippen LogP contribution in [0.15, 0.2) is 0 Å². The number of aliphatic hydroxyl groups excluding tert-OH is 1. The molecule has 10 heavy (non-hydrogen) atoms. The van der Waals surface area contributed by atoms with Crippen LogP contribution < -0.4 is 5.32 Å². The van der Waals surface area contributed by atoms with Crippen molar-refractivity contribution in [1.82, 2.24) is 5.32 Å². The van der Waals surface area contributed by atoms with Crippen molar-refractivity contribution in [2.45, 2.75) is 52.3 Å². The predicted molar refractivity (Wildman–Crippen MR) is 43.8 cm³/mol. The van der Waals surface area contributed by atoms with Crippen LogP contribution in [-0.4, -0.2) is 17.4 Å². The van der Waals surface area contributed by atoms with E-state index in [9.17, 15) is 5.11 Å². The fourth-order valence-corrected chi connectivity index (χ4v) is 0.866. The van der Waals surface area contributed by atoms with E-state index < -0.39 is 0 Å². The van der Waals surface area contributed by atoms with Gasteiger partial charge in [0.1, 0.15) is 6.23 Å². The van der Waals surface area contributed by atoms with Crippen LogP contribution in [0.1, 0.15) is 40.0 Å². The van der Waals surface area contributed by atoms with Gasteiger partial charge in [-0.15, -0.1) is 0 Å². The molecule has 0 heterocycles. The topological polar surface area (TPSA) is 32.3 Å². The lowest BCUT2D eigenvalue weighted by Crippen LogP contribution is -2.34. The Morgan fingerprint density at radius 2 is 2.00 bits per heavy atom. The Morgan fingerprint density at radius 3 is 2.40 bits per heavy atom. The Labute approximate surface area is 63.6 Å². The standard InChI is InChI=1S/C8H19NO/c1-4-5-6-8(10)9-7(2)3/h7-10H,4-6H2,1-3H3. The minimum atomic E-state index is -0.306. The van der Waals surface area contributed by atoms with E-state index in [1.807, 2.05) is 13.8 Å². The van der Waals surface area contributed by atoms with Crippen molar-refractivity contribution in [2.24, 2.45) is 0 Å². The molecule has 2 N–H and O–H groups in total. The van der Waals surface area contributed by atoms with Crippen LogP contribution in [-0.2, 0) is 0 Å². The van der Waals surface area contributed by atoms with E-state index in [1.165, 1.54) is 0 Å². The van der Waals surface area contributed by atoms with Gasteiger partial charge in [-0.3, -0.25) is 5.32 Å². The summed E-state index contributed by atoms with van der Waals surface area (Å²) in [6.07, 6.45) is 2.81. The molecule has 0 fully saturated rings. The smallest absolute Gasteiger partial charge is 0.105 e. The molecule has 2 nitrogen and oxygen atoms in total. The van der Waals surface area contributed by atoms with Gasteiger partial charge in [0.25, 0.3) is 0 Å². The van der Waals surface area contributed by atoms with Crippen molar-refractivity contribution in [2.75, 3.05) is 0 Å². The lowest BCUT2D eigenvalue weighted by atomic mass is 10.2. The van der Waals surface area contributed by atoms with Gasteiger partial charge < -0.3 is 5.11 Å². The van der Waals surface area contributed by atoms with Gasteiger partial charge in [0.05, 0.1) is 0 Å². The Balaban J connectivity index is 3.16. The number of nitrogens with one attached hydrogen (secondary N) is 1. The Kier molecular flexibility index (Phi) is 5.64. The first-order valence-electron chi connectivity index (χ1n) is 4.11. The van der Waals surface area contributed by atoms with E-state index in [2.05, 4.69) is 12.2 Å². The third-order valence-corrected chi connectivity index (χ3v) is 1.36. The maximum absolute atomic E-state index is 9.24. The highest BCUT2D eigenvalue weighted by molar-refractivity contribution is 4.56. The normalized spacial score (nSPS) is 14.1. The van der Waals surface area contributed by atoms with Crippen LogP contribution in [0.25, 0.3) is 0 Å². The van der Waals surface area contributed by atoms with Gasteiger partial charge in [-0.25, -0.2) is 0 Å². The van der Waals surface area contributed by atoms with E-state index in [1.54, 1.807) is 0 Å². The highest BCUT2D eigenvalue weighted by Crippen LogP contribution is 1.97. The number of rotatable bonds is 5. The van der Waals surface area contributed by atoms with E-state index in [-0.39, 0.29) is 6.23 Å². The average Bonchev–Trinajstić information content (AvgIpc) is 1.82. The lowest BCUT2D eigenvalue weighted by Gasteiger charge is -2.14. The number of unbranched alkanes of at least 4 members (excludes halogenated alkanes) is 1. The van der Waals surface area contributed by atoms with Crippen LogP contribution in [0.3, 0.4) is 0 Å². The van der Waals surface area contributed by atoms with Crippen molar-refractivity contribution < 1.29 is 5.11 Å². The van der Waals surface area contributed by atoms with Gasteiger partial charge in [0.15, 0.2) is 0 Å². The quantitative estimate of drug-likeness (QED) is 0.574. The van der Waals surface area contributed by atoms with Crippen LogP contribution in [0.2, 0.25) is 0 Å². The molecule has 0 aromatic heterocycles. The molecule has 0 amide bonds. The van der Waals surface area contributed by atoms with Gasteiger partial charge >= 0.3 is 0 Å². The second-order valence-electron chi connectivity index (χ2n) is 2.98. The van der Waals surface area contributed by atoms with Gasteiger partial charge in [0, 0.05) is 6.04 Å². The Morgan fingerprint density at radius 1 is 1.40 bits per heavy atom. The SMILES string of the molecule is CCCCC(O)NC(C)C. The van der Waals surface area contributed by atoms with Gasteiger partial charge in [0.2, 0.25) is 0 Å². The summed E-state index contributed by atoms with van der Waals surface area (Å²) >= 11 is 0. The molecule has 0 aliphatic rings. The number of aliphatic hydroxyl groups is 1. The van der Waals surface area contributed by atoms with E-state index in [0.29, 0.717) is 6.04 Å². The van der Waals surface area contributed by atoms with Crippen LogP contribution in [0.4, 0.5) is 0 Å². The van der Waals surface area contributed by atoms with Crippen LogP contribution >= 0.6 is 0 Å². The molecule has 0 aliphatic heterocycles. The summed E-state index contributed by atoms with van der Waals surface area (Å²) in [7, 11) is 0. The summed E-state index contributed by atoms with van der Waals surface area (Å²) in [4.78, 5) is 0. The summed E-state index contributed by atoms with van der Waals surface area (Å²) in [5.74, 6) is 0. The van der Waals surface area contributed by atoms with Gasteiger partial charge in [-0.2, -0.15) is 0 Å². The summed E-state index contributed by atoms with van der Waals surface area (Å²) < 4.78 is 0. The van der Waals surface area contributed by atoms with Crippen molar-refractivity contribution in [1.29, 1.82) is 0 Å². The monoisotopic (exact) mass is 145 g/mol. The minimum Gasteiger partial charge on any atom is -0.379 e. The Hall–Kier alpha value is -0.0800. The Bertz CT molecular complexity index is 73.7. The molecule has 1 atom stereocenters. The summed E-state index contributed by atoms with van der Waals surface area (Å²) in [5, 5.41) is 12.3. The third kappa shape index (κ3) is 6.05. The first-order chi connectivity index (χ1) is 4.66. The molecule has 0 saturated heterocycles. The maximum atomic E-state index is 9.24. The second kappa shape index (κ2) is 5.69. The van der Waals surface area contributed by atoms with Gasteiger partial charge in [-0.05, 0) is 26.7 Å². The van der Waals surface area contributed by atoms with Crippen LogP contribution in [0, 0.1) is 0 Å². The molecule has 0 aliphatic carbocycles. The van der Waals surface area contributed by atoms with Crippen LogP contribution in [0.5, 0.6) is 0 Å². The predicted octanol–water partition coefficient (Wildman–Crippen LogP) is 1.49. The number of hydrogen-bond donors (Lipinski definition) is 2. The zero-order valence-corrected chi connectivity index (χ0v) is 7.22. The second-order valence-corrected chi connectivity index (χ2v) is 2.98. The highest BCUT2D eigenvalue weighted by atomic mass is 16.3. The fourth-order valence-electron chi connectivity index (χ4n) is 0.866. The number of hydrogen-bond acceptors (Lipinski definition) is 2. The van der Waals surface area contributed by atoms with E-state index in [4.69, 9.17) is 0 Å². The summed E-state index contributed by atoms with van der Waals surface area (Å²) in [5.41, 5.74) is 0. The summed E-state index contributed by atoms with van der Waals surface area (Å²) in [6, 6.07) is 0.381. The van der Waals surface area contributed by atoms with E-state index in [0.717, 1.165) is 19.3 Å². The largest absolute Gasteiger partial charge is 0.379 e. The molecule has 0 aromatic carbocycles. The molecule has 0 bridgehead atoms. The van der Waals surface area contributed by atoms with E-state index >= 15 is 0 Å². The zero-order chi connectivity index (χ0) is 7.98. The zero-order valence-electron chi connectivity index (χ0n) is 7.22. The molecule has 0 saturated carbocycles.